The molecule has 1 aromatic heterocycles. The van der Waals surface area contributed by atoms with Crippen LogP contribution in [-0.2, 0) is 11.3 Å². The number of nitrogens with zero attached hydrogens (tertiary/aromatic N) is 2. The van der Waals surface area contributed by atoms with Gasteiger partial charge in [-0.1, -0.05) is 25.1 Å². The molecule has 0 fully saturated rings. The van der Waals surface area contributed by atoms with E-state index in [0.29, 0.717) is 11.8 Å². The van der Waals surface area contributed by atoms with Gasteiger partial charge in [0.1, 0.15) is 6.54 Å². The van der Waals surface area contributed by atoms with Crippen LogP contribution in [0, 0.1) is 0 Å². The first kappa shape index (κ1) is 13.7. The predicted molar refractivity (Wildman–Crippen MR) is 77.0 cm³/mol. The van der Waals surface area contributed by atoms with E-state index in [1.165, 1.54) is 4.90 Å². The Balaban J connectivity index is 1.71. The maximum absolute atomic E-state index is 11.7. The van der Waals surface area contributed by atoms with Gasteiger partial charge in [0.2, 0.25) is 5.91 Å². The lowest BCUT2D eigenvalue weighted by atomic mass is 10.4. The average Bonchev–Trinajstić information content (AvgIpc) is 2.90. The number of hydrogen-bond donors (Lipinski definition) is 1. The third-order valence-electron chi connectivity index (χ3n) is 2.53. The van der Waals surface area contributed by atoms with E-state index in [1.807, 2.05) is 18.2 Å². The summed E-state index contributed by atoms with van der Waals surface area (Å²) in [4.78, 5) is 12.9. The Labute approximate surface area is 117 Å². The monoisotopic (exact) mass is 275 g/mol. The van der Waals surface area contributed by atoms with E-state index in [-0.39, 0.29) is 12.5 Å². The topological polar surface area (TPSA) is 46.9 Å². The van der Waals surface area contributed by atoms with E-state index in [0.717, 1.165) is 0 Å². The third-order valence-corrected chi connectivity index (χ3v) is 3.65. The van der Waals surface area contributed by atoms with Gasteiger partial charge in [-0.25, -0.2) is 0 Å². The number of hydrogen-bond acceptors (Lipinski definition) is 3. The lowest BCUT2D eigenvalue weighted by Gasteiger charge is -2.12. The zero-order valence-corrected chi connectivity index (χ0v) is 11.6. The first-order valence-electron chi connectivity index (χ1n) is 6.20. The van der Waals surface area contributed by atoms with Crippen LogP contribution in [0.1, 0.15) is 6.92 Å². The molecule has 0 aliphatic carbocycles. The molecule has 0 aliphatic rings. The number of aromatic nitrogens is 2. The molecule has 1 N–H and O–H groups in total. The Hall–Kier alpha value is -1.75. The van der Waals surface area contributed by atoms with Crippen LogP contribution in [0.15, 0.2) is 53.7 Å². The van der Waals surface area contributed by atoms with Gasteiger partial charge in [-0.05, 0) is 18.2 Å². The molecule has 1 amide bonds. The SMILES string of the molecule is CC(CNC(=O)Cn1cccn1)Sc1ccccc1. The molecule has 0 saturated carbocycles. The van der Waals surface area contributed by atoms with Gasteiger partial charge in [-0.3, -0.25) is 9.48 Å². The fourth-order valence-corrected chi connectivity index (χ4v) is 2.57. The van der Waals surface area contributed by atoms with Crippen molar-refractivity contribution < 1.29 is 4.79 Å². The van der Waals surface area contributed by atoms with Gasteiger partial charge in [0.15, 0.2) is 0 Å². The first-order chi connectivity index (χ1) is 9.24. The van der Waals surface area contributed by atoms with Gasteiger partial charge in [-0.15, -0.1) is 11.8 Å². The van der Waals surface area contributed by atoms with Crippen LogP contribution in [-0.4, -0.2) is 27.5 Å². The highest BCUT2D eigenvalue weighted by Gasteiger charge is 2.07. The summed E-state index contributed by atoms with van der Waals surface area (Å²) < 4.78 is 1.62. The molecule has 4 nitrogen and oxygen atoms in total. The van der Waals surface area contributed by atoms with Crippen LogP contribution in [0.3, 0.4) is 0 Å². The smallest absolute Gasteiger partial charge is 0.241 e. The van der Waals surface area contributed by atoms with E-state index < -0.39 is 0 Å². The normalized spacial score (nSPS) is 12.1. The predicted octanol–water partition coefficient (Wildman–Crippen LogP) is 2.18. The molecule has 5 heteroatoms. The Morgan fingerprint density at radius 1 is 1.37 bits per heavy atom. The van der Waals surface area contributed by atoms with Crippen LogP contribution in [0.2, 0.25) is 0 Å². The van der Waals surface area contributed by atoms with Crippen molar-refractivity contribution in [3.8, 4) is 0 Å². The Bertz CT molecular complexity index is 499. The largest absolute Gasteiger partial charge is 0.353 e. The molecular weight excluding hydrogens is 258 g/mol. The summed E-state index contributed by atoms with van der Waals surface area (Å²) in [6.45, 7) is 3.03. The highest BCUT2D eigenvalue weighted by molar-refractivity contribution is 8.00. The van der Waals surface area contributed by atoms with Crippen molar-refractivity contribution in [2.45, 2.75) is 23.6 Å². The van der Waals surface area contributed by atoms with Crippen molar-refractivity contribution in [3.63, 3.8) is 0 Å². The molecule has 1 unspecified atom stereocenters. The summed E-state index contributed by atoms with van der Waals surface area (Å²) in [5.74, 6) is -0.00999. The van der Waals surface area contributed by atoms with Crippen LogP contribution >= 0.6 is 11.8 Å². The standard InChI is InChI=1S/C14H17N3OS/c1-12(19-13-6-3-2-4-7-13)10-15-14(18)11-17-9-5-8-16-17/h2-9,12H,10-11H2,1H3,(H,15,18). The third kappa shape index (κ3) is 4.79. The molecule has 2 aromatic rings. The van der Waals surface area contributed by atoms with Gasteiger partial charge >= 0.3 is 0 Å². The Kier molecular flexibility index (Phi) is 5.03. The van der Waals surface area contributed by atoms with Crippen LogP contribution < -0.4 is 5.32 Å². The fourth-order valence-electron chi connectivity index (χ4n) is 1.63. The molecule has 0 bridgehead atoms. The van der Waals surface area contributed by atoms with Gasteiger partial charge in [-0.2, -0.15) is 5.10 Å². The van der Waals surface area contributed by atoms with Crippen LogP contribution in [0.25, 0.3) is 0 Å². The number of amides is 1. The second-order valence-corrected chi connectivity index (χ2v) is 5.76. The van der Waals surface area contributed by atoms with Crippen molar-refractivity contribution >= 4 is 17.7 Å². The zero-order chi connectivity index (χ0) is 13.5. The minimum atomic E-state index is -0.00999. The summed E-state index contributed by atoms with van der Waals surface area (Å²) >= 11 is 1.76. The van der Waals surface area contributed by atoms with E-state index in [4.69, 9.17) is 0 Å². The molecule has 0 radical (unpaired) electrons. The minimum absolute atomic E-state index is 0.00999. The van der Waals surface area contributed by atoms with Gasteiger partial charge in [0, 0.05) is 29.1 Å². The molecule has 0 spiro atoms. The molecule has 2 rings (SSSR count). The molecular formula is C14H17N3OS. The van der Waals surface area contributed by atoms with Gasteiger partial charge in [0.05, 0.1) is 0 Å². The van der Waals surface area contributed by atoms with Crippen LogP contribution in [0.5, 0.6) is 0 Å². The van der Waals surface area contributed by atoms with E-state index in [9.17, 15) is 4.79 Å². The number of benzene rings is 1. The summed E-state index contributed by atoms with van der Waals surface area (Å²) in [6.07, 6.45) is 3.45. The van der Waals surface area contributed by atoms with Crippen molar-refractivity contribution in [1.29, 1.82) is 0 Å². The highest BCUT2D eigenvalue weighted by Crippen LogP contribution is 2.21. The summed E-state index contributed by atoms with van der Waals surface area (Å²) in [7, 11) is 0. The van der Waals surface area contributed by atoms with Crippen molar-refractivity contribution in [3.05, 3.63) is 48.8 Å². The maximum atomic E-state index is 11.7. The lowest BCUT2D eigenvalue weighted by molar-refractivity contribution is -0.121. The number of carbonyl (C=O) groups is 1. The summed E-state index contributed by atoms with van der Waals surface area (Å²) in [5, 5.41) is 7.26. The van der Waals surface area contributed by atoms with E-state index >= 15 is 0 Å². The minimum Gasteiger partial charge on any atom is -0.353 e. The number of carbonyl (C=O) groups excluding carboxylic acids is 1. The first-order valence-corrected chi connectivity index (χ1v) is 7.08. The zero-order valence-electron chi connectivity index (χ0n) is 10.8. The van der Waals surface area contributed by atoms with E-state index in [1.54, 1.807) is 34.9 Å². The second kappa shape index (κ2) is 6.99. The number of nitrogens with one attached hydrogen (secondary N) is 1. The Morgan fingerprint density at radius 2 is 2.16 bits per heavy atom. The summed E-state index contributed by atoms with van der Waals surface area (Å²) in [6, 6.07) is 12.0. The fraction of sp³-hybridized carbons (Fsp3) is 0.286. The molecule has 100 valence electrons. The average molecular weight is 275 g/mol. The van der Waals surface area contributed by atoms with E-state index in [2.05, 4.69) is 29.5 Å². The lowest BCUT2D eigenvalue weighted by Crippen LogP contribution is -2.32. The number of thioether (sulfide) groups is 1. The quantitative estimate of drug-likeness (QED) is 0.822. The molecule has 0 aliphatic heterocycles. The van der Waals surface area contributed by atoms with Crippen molar-refractivity contribution in [2.75, 3.05) is 6.54 Å². The van der Waals surface area contributed by atoms with Gasteiger partial charge in [0.25, 0.3) is 0 Å². The highest BCUT2D eigenvalue weighted by atomic mass is 32.2. The van der Waals surface area contributed by atoms with Gasteiger partial charge < -0.3 is 5.32 Å². The molecule has 0 saturated heterocycles. The van der Waals surface area contributed by atoms with Crippen LogP contribution in [0.4, 0.5) is 0 Å². The molecule has 1 atom stereocenters. The maximum Gasteiger partial charge on any atom is 0.241 e. The molecule has 19 heavy (non-hydrogen) atoms. The molecule has 1 aromatic carbocycles. The van der Waals surface area contributed by atoms with Crippen molar-refractivity contribution in [2.24, 2.45) is 0 Å². The second-order valence-electron chi connectivity index (χ2n) is 4.25. The van der Waals surface area contributed by atoms with Crippen molar-refractivity contribution in [1.82, 2.24) is 15.1 Å². The Morgan fingerprint density at radius 3 is 2.84 bits per heavy atom. The summed E-state index contributed by atoms with van der Waals surface area (Å²) in [5.41, 5.74) is 0. The molecule has 1 heterocycles. The number of rotatable bonds is 6.